The average molecular weight is 555 g/mol. The maximum Gasteiger partial charge on any atom is 0.294 e. The van der Waals surface area contributed by atoms with Gasteiger partial charge in [0.2, 0.25) is 11.8 Å². The van der Waals surface area contributed by atoms with Gasteiger partial charge in [-0.2, -0.15) is 0 Å². The fraction of sp³-hybridized carbons (Fsp3) is 0.273. The molecule has 0 saturated heterocycles. The Balaban J connectivity index is 1.65. The van der Waals surface area contributed by atoms with Crippen molar-refractivity contribution < 1.29 is 14.0 Å². The molecule has 0 fully saturated rings. The largest absolute Gasteiger partial charge is 0.340 e. The van der Waals surface area contributed by atoms with Crippen LogP contribution in [0.25, 0.3) is 11.3 Å². The monoisotopic (exact) mass is 554 g/mol. The van der Waals surface area contributed by atoms with E-state index in [0.29, 0.717) is 43.6 Å². The molecule has 0 aliphatic heterocycles. The van der Waals surface area contributed by atoms with Crippen LogP contribution in [0.2, 0.25) is 0 Å². The van der Waals surface area contributed by atoms with Crippen molar-refractivity contribution >= 4 is 17.6 Å². The molecule has 0 bridgehead atoms. The third-order valence-electron chi connectivity index (χ3n) is 7.17. The molecule has 1 aromatic heterocycles. The van der Waals surface area contributed by atoms with Gasteiger partial charge < -0.3 is 10.2 Å². The molecule has 0 saturated carbocycles. The molecule has 0 unspecified atom stereocenters. The van der Waals surface area contributed by atoms with Crippen LogP contribution in [-0.2, 0) is 29.0 Å². The minimum atomic E-state index is -0.595. The van der Waals surface area contributed by atoms with E-state index in [-0.39, 0.29) is 30.1 Å². The van der Waals surface area contributed by atoms with Crippen molar-refractivity contribution in [3.05, 3.63) is 118 Å². The van der Waals surface area contributed by atoms with E-state index in [4.69, 9.17) is 0 Å². The highest BCUT2D eigenvalue weighted by molar-refractivity contribution is 5.91. The van der Waals surface area contributed by atoms with Gasteiger partial charge in [-0.05, 0) is 54.7 Å². The van der Waals surface area contributed by atoms with E-state index in [1.54, 1.807) is 11.8 Å². The lowest BCUT2D eigenvalue weighted by Crippen LogP contribution is -2.40. The Kier molecular flexibility index (Phi) is 10.2. The summed E-state index contributed by atoms with van der Waals surface area (Å²) >= 11 is 0. The number of halogens is 1. The van der Waals surface area contributed by atoms with Gasteiger partial charge in [0.15, 0.2) is 5.82 Å². The second-order valence-corrected chi connectivity index (χ2v) is 10.0. The summed E-state index contributed by atoms with van der Waals surface area (Å²) in [6.45, 7) is 4.33. The summed E-state index contributed by atoms with van der Waals surface area (Å²) in [5, 5.41) is 2.62. The standard InChI is InChI=1S/C33H35FN4O3/c1-3-24(2)32(40)36-31-33(41)38(29(22-35-31)27-14-16-28(34)17-15-27)23-30(39)37(20-18-25-10-6-4-7-11-25)21-19-26-12-8-5-9-13-26/h4-17,22,24H,3,18-21,23H2,1-2H3,(H,35,36,40)/t24-/m1/s1. The van der Waals surface area contributed by atoms with E-state index in [2.05, 4.69) is 10.3 Å². The van der Waals surface area contributed by atoms with Crippen molar-refractivity contribution in [1.29, 1.82) is 0 Å². The molecule has 1 atom stereocenters. The first-order valence-corrected chi connectivity index (χ1v) is 13.9. The lowest BCUT2D eigenvalue weighted by molar-refractivity contribution is -0.131. The molecule has 4 aromatic rings. The van der Waals surface area contributed by atoms with Gasteiger partial charge in [-0.3, -0.25) is 19.0 Å². The van der Waals surface area contributed by atoms with Crippen LogP contribution in [0.5, 0.6) is 0 Å². The number of hydrogen-bond acceptors (Lipinski definition) is 4. The molecular formula is C33H35FN4O3. The number of aromatic nitrogens is 2. The van der Waals surface area contributed by atoms with E-state index < -0.39 is 11.4 Å². The van der Waals surface area contributed by atoms with Crippen molar-refractivity contribution in [3.8, 4) is 11.3 Å². The molecule has 212 valence electrons. The molecule has 2 amide bonds. The maximum atomic E-state index is 13.8. The van der Waals surface area contributed by atoms with Gasteiger partial charge in [-0.1, -0.05) is 74.5 Å². The van der Waals surface area contributed by atoms with Crippen molar-refractivity contribution in [2.75, 3.05) is 18.4 Å². The normalized spacial score (nSPS) is 11.6. The third-order valence-corrected chi connectivity index (χ3v) is 7.17. The molecule has 0 spiro atoms. The molecular weight excluding hydrogens is 519 g/mol. The number of nitrogens with one attached hydrogen (secondary N) is 1. The van der Waals surface area contributed by atoms with Crippen molar-refractivity contribution in [2.45, 2.75) is 39.7 Å². The molecule has 7 nitrogen and oxygen atoms in total. The summed E-state index contributed by atoms with van der Waals surface area (Å²) in [6, 6.07) is 25.5. The van der Waals surface area contributed by atoms with Crippen LogP contribution in [-0.4, -0.2) is 39.4 Å². The Labute approximate surface area is 239 Å². The number of rotatable bonds is 12. The Hall–Kier alpha value is -4.59. The van der Waals surface area contributed by atoms with Gasteiger partial charge in [0, 0.05) is 24.6 Å². The number of amides is 2. The van der Waals surface area contributed by atoms with E-state index in [1.807, 2.05) is 67.6 Å². The van der Waals surface area contributed by atoms with Crippen LogP contribution in [0.15, 0.2) is 95.9 Å². The lowest BCUT2D eigenvalue weighted by atomic mass is 10.1. The number of anilines is 1. The number of carbonyl (C=O) groups excluding carboxylic acids is 2. The molecule has 0 radical (unpaired) electrons. The molecule has 1 N–H and O–H groups in total. The second kappa shape index (κ2) is 14.2. The Morgan fingerprint density at radius 2 is 1.46 bits per heavy atom. The smallest absolute Gasteiger partial charge is 0.294 e. The quantitative estimate of drug-likeness (QED) is 0.256. The number of benzene rings is 3. The predicted molar refractivity (Wildman–Crippen MR) is 159 cm³/mol. The Morgan fingerprint density at radius 3 is 2.00 bits per heavy atom. The summed E-state index contributed by atoms with van der Waals surface area (Å²) in [6.07, 6.45) is 3.36. The van der Waals surface area contributed by atoms with Crippen LogP contribution in [0.3, 0.4) is 0 Å². The molecule has 1 heterocycles. The molecule has 4 rings (SSSR count). The fourth-order valence-electron chi connectivity index (χ4n) is 4.42. The van der Waals surface area contributed by atoms with E-state index in [0.717, 1.165) is 11.1 Å². The van der Waals surface area contributed by atoms with Crippen LogP contribution < -0.4 is 10.9 Å². The molecule has 8 heteroatoms. The first kappa shape index (κ1) is 29.4. The minimum absolute atomic E-state index is 0.144. The van der Waals surface area contributed by atoms with E-state index in [9.17, 15) is 18.8 Å². The lowest BCUT2D eigenvalue weighted by Gasteiger charge is -2.24. The summed E-state index contributed by atoms with van der Waals surface area (Å²) in [4.78, 5) is 46.0. The van der Waals surface area contributed by atoms with E-state index in [1.165, 1.54) is 35.0 Å². The second-order valence-electron chi connectivity index (χ2n) is 10.0. The summed E-state index contributed by atoms with van der Waals surface area (Å²) in [7, 11) is 0. The average Bonchev–Trinajstić information content (AvgIpc) is 3.00. The van der Waals surface area contributed by atoms with Crippen LogP contribution in [0.1, 0.15) is 31.4 Å². The number of nitrogens with zero attached hydrogens (tertiary/aromatic N) is 3. The fourth-order valence-corrected chi connectivity index (χ4v) is 4.42. The van der Waals surface area contributed by atoms with Crippen molar-refractivity contribution in [2.24, 2.45) is 5.92 Å². The summed E-state index contributed by atoms with van der Waals surface area (Å²) in [5.41, 5.74) is 2.50. The van der Waals surface area contributed by atoms with Crippen molar-refractivity contribution in [3.63, 3.8) is 0 Å². The van der Waals surface area contributed by atoms with Gasteiger partial charge in [-0.25, -0.2) is 9.37 Å². The summed E-state index contributed by atoms with van der Waals surface area (Å²) in [5.74, 6) is -1.44. The zero-order chi connectivity index (χ0) is 29.2. The van der Waals surface area contributed by atoms with Crippen molar-refractivity contribution in [1.82, 2.24) is 14.5 Å². The van der Waals surface area contributed by atoms with Crippen LogP contribution in [0, 0.1) is 11.7 Å². The molecule has 3 aromatic carbocycles. The highest BCUT2D eigenvalue weighted by Crippen LogP contribution is 2.19. The SMILES string of the molecule is CC[C@@H](C)C(=O)Nc1ncc(-c2ccc(F)cc2)n(CC(=O)N(CCc2ccccc2)CCc2ccccc2)c1=O. The Morgan fingerprint density at radius 1 is 0.902 bits per heavy atom. The highest BCUT2D eigenvalue weighted by Gasteiger charge is 2.21. The van der Waals surface area contributed by atoms with Gasteiger partial charge in [0.25, 0.3) is 5.56 Å². The zero-order valence-corrected chi connectivity index (χ0v) is 23.4. The van der Waals surface area contributed by atoms with Gasteiger partial charge in [0.05, 0.1) is 11.9 Å². The van der Waals surface area contributed by atoms with Gasteiger partial charge in [0.1, 0.15) is 12.4 Å². The van der Waals surface area contributed by atoms with Gasteiger partial charge in [-0.15, -0.1) is 0 Å². The zero-order valence-electron chi connectivity index (χ0n) is 23.4. The van der Waals surface area contributed by atoms with Gasteiger partial charge >= 0.3 is 0 Å². The minimum Gasteiger partial charge on any atom is -0.340 e. The Bertz CT molecular complexity index is 1460. The third kappa shape index (κ3) is 7.97. The van der Waals surface area contributed by atoms with E-state index >= 15 is 0 Å². The topological polar surface area (TPSA) is 84.3 Å². The number of hydrogen-bond donors (Lipinski definition) is 1. The molecule has 41 heavy (non-hydrogen) atoms. The predicted octanol–water partition coefficient (Wildman–Crippen LogP) is 5.35. The number of carbonyl (C=O) groups is 2. The molecule has 0 aliphatic carbocycles. The van der Waals surface area contributed by atoms with Crippen LogP contribution >= 0.6 is 0 Å². The first-order chi connectivity index (χ1) is 19.9. The summed E-state index contributed by atoms with van der Waals surface area (Å²) < 4.78 is 15.0. The maximum absolute atomic E-state index is 13.8. The first-order valence-electron chi connectivity index (χ1n) is 13.9. The highest BCUT2D eigenvalue weighted by atomic mass is 19.1. The van der Waals surface area contributed by atoms with Crippen LogP contribution in [0.4, 0.5) is 10.2 Å². The molecule has 0 aliphatic rings.